The van der Waals surface area contributed by atoms with E-state index in [9.17, 15) is 4.79 Å². The van der Waals surface area contributed by atoms with E-state index in [-0.39, 0.29) is 11.4 Å². The minimum absolute atomic E-state index is 0.0288. The summed E-state index contributed by atoms with van der Waals surface area (Å²) in [6, 6.07) is 0. The van der Waals surface area contributed by atoms with Gasteiger partial charge in [-0.1, -0.05) is 6.42 Å². The molecule has 3 saturated carbocycles. The van der Waals surface area contributed by atoms with Gasteiger partial charge >= 0.3 is 5.97 Å². The molecule has 2 bridgehead atoms. The van der Waals surface area contributed by atoms with Gasteiger partial charge in [-0.05, 0) is 56.8 Å². The van der Waals surface area contributed by atoms with Crippen molar-refractivity contribution in [1.82, 2.24) is 0 Å². The van der Waals surface area contributed by atoms with Crippen molar-refractivity contribution in [1.29, 1.82) is 0 Å². The summed E-state index contributed by atoms with van der Waals surface area (Å²) in [5, 5.41) is 0. The van der Waals surface area contributed by atoms with Gasteiger partial charge in [0.1, 0.15) is 0 Å². The van der Waals surface area contributed by atoms with E-state index < -0.39 is 0 Å². The van der Waals surface area contributed by atoms with Gasteiger partial charge in [0.05, 0.1) is 12.0 Å². The largest absolute Gasteiger partial charge is 0.466 e. The third-order valence-corrected chi connectivity index (χ3v) is 5.19. The molecule has 3 rings (SSSR count). The monoisotopic (exact) mass is 208 g/mol. The minimum Gasteiger partial charge on any atom is -0.466 e. The predicted octanol–water partition coefficient (Wildman–Crippen LogP) is 2.77. The highest BCUT2D eigenvalue weighted by Gasteiger charge is 2.64. The van der Waals surface area contributed by atoms with Crippen LogP contribution in [-0.2, 0) is 9.53 Å². The van der Waals surface area contributed by atoms with Gasteiger partial charge in [-0.15, -0.1) is 0 Å². The van der Waals surface area contributed by atoms with Crippen molar-refractivity contribution in [3.05, 3.63) is 0 Å². The molecule has 0 heterocycles. The van der Waals surface area contributed by atoms with Crippen LogP contribution in [0.3, 0.4) is 0 Å². The molecule has 0 radical (unpaired) electrons. The Morgan fingerprint density at radius 1 is 1.40 bits per heavy atom. The standard InChI is InChI=1S/C13H20O2/c1-2-15-12(14)13-7-3-4-11(13)9-5-6-10(13)8-9/h9-11H,2-8H2,1H3/t9-,10+,11-,13-/m1/s1. The van der Waals surface area contributed by atoms with E-state index >= 15 is 0 Å². The zero-order valence-corrected chi connectivity index (χ0v) is 9.50. The Hall–Kier alpha value is -0.530. The first-order chi connectivity index (χ1) is 7.29. The third kappa shape index (κ3) is 1.08. The van der Waals surface area contributed by atoms with Gasteiger partial charge in [-0.3, -0.25) is 4.79 Å². The summed E-state index contributed by atoms with van der Waals surface area (Å²) in [5.41, 5.74) is -0.0288. The normalized spacial score (nSPS) is 46.9. The molecule has 15 heavy (non-hydrogen) atoms. The molecule has 0 N–H and O–H groups in total. The molecule has 4 atom stereocenters. The first-order valence-electron chi connectivity index (χ1n) is 6.46. The molecule has 2 heteroatoms. The van der Waals surface area contributed by atoms with E-state index in [4.69, 9.17) is 4.74 Å². The van der Waals surface area contributed by atoms with Gasteiger partial charge in [0, 0.05) is 0 Å². The molecule has 2 nitrogen and oxygen atoms in total. The first kappa shape index (κ1) is 9.68. The minimum atomic E-state index is -0.0288. The Morgan fingerprint density at radius 2 is 2.27 bits per heavy atom. The van der Waals surface area contributed by atoms with Crippen molar-refractivity contribution in [2.75, 3.05) is 6.61 Å². The smallest absolute Gasteiger partial charge is 0.312 e. The zero-order valence-electron chi connectivity index (χ0n) is 9.50. The van der Waals surface area contributed by atoms with Gasteiger partial charge in [-0.2, -0.15) is 0 Å². The van der Waals surface area contributed by atoms with Crippen LogP contribution < -0.4 is 0 Å². The lowest BCUT2D eigenvalue weighted by molar-refractivity contribution is -0.161. The lowest BCUT2D eigenvalue weighted by atomic mass is 9.68. The summed E-state index contributed by atoms with van der Waals surface area (Å²) in [6.07, 6.45) is 7.59. The van der Waals surface area contributed by atoms with Gasteiger partial charge in [-0.25, -0.2) is 0 Å². The maximum absolute atomic E-state index is 12.2. The van der Waals surface area contributed by atoms with E-state index in [0.29, 0.717) is 18.4 Å². The summed E-state index contributed by atoms with van der Waals surface area (Å²) in [5.74, 6) is 2.32. The Balaban J connectivity index is 1.91. The highest BCUT2D eigenvalue weighted by Crippen LogP contribution is 2.66. The SMILES string of the molecule is CCOC(=O)[C@@]12CCC[C@@H]1[C@@H]1CC[C@H]2C1. The van der Waals surface area contributed by atoms with Crippen molar-refractivity contribution in [2.45, 2.75) is 45.4 Å². The second-order valence-corrected chi connectivity index (χ2v) is 5.53. The van der Waals surface area contributed by atoms with E-state index in [1.54, 1.807) is 0 Å². The first-order valence-corrected chi connectivity index (χ1v) is 6.46. The maximum Gasteiger partial charge on any atom is 0.312 e. The van der Waals surface area contributed by atoms with Crippen molar-refractivity contribution in [2.24, 2.45) is 23.2 Å². The molecule has 0 aromatic carbocycles. The van der Waals surface area contributed by atoms with Gasteiger partial charge in [0.15, 0.2) is 0 Å². The Bertz CT molecular complexity index is 286. The number of esters is 1. The van der Waals surface area contributed by atoms with Gasteiger partial charge in [0.25, 0.3) is 0 Å². The lowest BCUT2D eigenvalue weighted by Gasteiger charge is -2.36. The number of ether oxygens (including phenoxy) is 1. The number of carbonyl (C=O) groups excluding carboxylic acids is 1. The van der Waals surface area contributed by atoms with Crippen LogP contribution in [0, 0.1) is 23.2 Å². The molecule has 0 aromatic rings. The number of fused-ring (bicyclic) bond motifs is 5. The van der Waals surface area contributed by atoms with Crippen LogP contribution in [-0.4, -0.2) is 12.6 Å². The van der Waals surface area contributed by atoms with E-state index in [1.165, 1.54) is 32.1 Å². The van der Waals surface area contributed by atoms with Crippen molar-refractivity contribution < 1.29 is 9.53 Å². The molecule has 0 unspecified atom stereocenters. The summed E-state index contributed by atoms with van der Waals surface area (Å²) in [6.45, 7) is 2.47. The topological polar surface area (TPSA) is 26.3 Å². The Labute approximate surface area is 91.4 Å². The van der Waals surface area contributed by atoms with Gasteiger partial charge < -0.3 is 4.74 Å². The molecule has 0 saturated heterocycles. The number of rotatable bonds is 2. The van der Waals surface area contributed by atoms with E-state index in [0.717, 1.165) is 12.3 Å². The predicted molar refractivity (Wildman–Crippen MR) is 57.2 cm³/mol. The number of hydrogen-bond acceptors (Lipinski definition) is 2. The molecule has 3 aliphatic carbocycles. The van der Waals surface area contributed by atoms with Crippen LogP contribution >= 0.6 is 0 Å². The van der Waals surface area contributed by atoms with Crippen LogP contribution in [0.15, 0.2) is 0 Å². The average molecular weight is 208 g/mol. The molecule has 3 fully saturated rings. The van der Waals surface area contributed by atoms with Crippen LogP contribution in [0.5, 0.6) is 0 Å². The summed E-state index contributed by atoms with van der Waals surface area (Å²) in [4.78, 5) is 12.2. The summed E-state index contributed by atoms with van der Waals surface area (Å²) in [7, 11) is 0. The quantitative estimate of drug-likeness (QED) is 0.652. The van der Waals surface area contributed by atoms with Crippen LogP contribution in [0.1, 0.15) is 45.4 Å². The molecule has 0 spiro atoms. The highest BCUT2D eigenvalue weighted by molar-refractivity contribution is 5.79. The fraction of sp³-hybridized carbons (Fsp3) is 0.923. The molecule has 0 amide bonds. The van der Waals surface area contributed by atoms with Crippen molar-refractivity contribution in [3.8, 4) is 0 Å². The third-order valence-electron chi connectivity index (χ3n) is 5.19. The van der Waals surface area contributed by atoms with Crippen LogP contribution in [0.4, 0.5) is 0 Å². The summed E-state index contributed by atoms with van der Waals surface area (Å²) < 4.78 is 5.34. The average Bonchev–Trinajstić information content (AvgIpc) is 2.90. The fourth-order valence-electron chi connectivity index (χ4n) is 4.76. The second kappa shape index (κ2) is 3.23. The lowest BCUT2D eigenvalue weighted by Crippen LogP contribution is -2.41. The molecule has 0 aliphatic heterocycles. The Kier molecular flexibility index (Phi) is 2.08. The molecule has 84 valence electrons. The molecule has 0 aromatic heterocycles. The molecular formula is C13H20O2. The molecular weight excluding hydrogens is 188 g/mol. The summed E-state index contributed by atoms with van der Waals surface area (Å²) >= 11 is 0. The second-order valence-electron chi connectivity index (χ2n) is 5.53. The Morgan fingerprint density at radius 3 is 3.07 bits per heavy atom. The number of carbonyl (C=O) groups is 1. The van der Waals surface area contributed by atoms with Gasteiger partial charge in [0.2, 0.25) is 0 Å². The number of hydrogen-bond donors (Lipinski definition) is 0. The van der Waals surface area contributed by atoms with Crippen molar-refractivity contribution in [3.63, 3.8) is 0 Å². The maximum atomic E-state index is 12.2. The van der Waals surface area contributed by atoms with Crippen LogP contribution in [0.25, 0.3) is 0 Å². The highest BCUT2D eigenvalue weighted by atomic mass is 16.5. The van der Waals surface area contributed by atoms with Crippen molar-refractivity contribution >= 4 is 5.97 Å². The fourth-order valence-corrected chi connectivity index (χ4v) is 4.76. The molecule has 3 aliphatic rings. The van der Waals surface area contributed by atoms with E-state index in [2.05, 4.69) is 0 Å². The van der Waals surface area contributed by atoms with Crippen LogP contribution in [0.2, 0.25) is 0 Å². The van der Waals surface area contributed by atoms with E-state index in [1.807, 2.05) is 6.92 Å². The zero-order chi connectivity index (χ0) is 10.5.